The average molecular weight is 811 g/mol. The molecular formula is C47H62N4O4S2. The topological polar surface area (TPSA) is 92.6 Å². The van der Waals surface area contributed by atoms with Gasteiger partial charge < -0.3 is 19.7 Å². The van der Waals surface area contributed by atoms with E-state index in [1.807, 2.05) is 54.9 Å². The lowest BCUT2D eigenvalue weighted by atomic mass is 9.98. The first kappa shape index (κ1) is 45.4. The van der Waals surface area contributed by atoms with Gasteiger partial charge >= 0.3 is 0 Å². The van der Waals surface area contributed by atoms with Gasteiger partial charge in [-0.15, -0.1) is 0 Å². The van der Waals surface area contributed by atoms with Gasteiger partial charge in [0.25, 0.3) is 5.91 Å². The third-order valence-corrected chi connectivity index (χ3v) is 11.5. The number of hydrogen-bond acceptors (Lipinski definition) is 9. The van der Waals surface area contributed by atoms with Gasteiger partial charge in [0.05, 0.1) is 19.4 Å². The van der Waals surface area contributed by atoms with E-state index in [0.29, 0.717) is 48.9 Å². The maximum atomic E-state index is 14.1. The van der Waals surface area contributed by atoms with E-state index in [1.54, 1.807) is 27.0 Å². The number of methoxy groups -OCH3 is 1. The van der Waals surface area contributed by atoms with E-state index in [4.69, 9.17) is 14.5 Å². The molecule has 306 valence electrons. The van der Waals surface area contributed by atoms with Crippen LogP contribution in [0.5, 0.6) is 0 Å². The van der Waals surface area contributed by atoms with Crippen molar-refractivity contribution in [3.8, 4) is 0 Å². The maximum Gasteiger partial charge on any atom is 0.258 e. The Morgan fingerprint density at radius 1 is 1.09 bits per heavy atom. The first-order chi connectivity index (χ1) is 27.1. The summed E-state index contributed by atoms with van der Waals surface area (Å²) >= 11 is 6.55. The molecule has 0 saturated heterocycles. The number of ether oxygens (including phenoxy) is 2. The molecule has 0 radical (unpaired) electrons. The van der Waals surface area contributed by atoms with Crippen molar-refractivity contribution in [1.82, 2.24) is 0 Å². The number of nitrogens with zero attached hydrogens (tertiary/aromatic N) is 3. The Balaban J connectivity index is 1.36. The molecular weight excluding hydrogens is 749 g/mol. The van der Waals surface area contributed by atoms with Gasteiger partial charge in [-0.25, -0.2) is 0 Å². The smallest absolute Gasteiger partial charge is 0.258 e. The second-order valence-corrected chi connectivity index (χ2v) is 18.0. The molecule has 3 aromatic rings. The van der Waals surface area contributed by atoms with Crippen LogP contribution in [0.25, 0.3) is 0 Å². The van der Waals surface area contributed by atoms with Crippen LogP contribution in [0, 0.1) is 19.8 Å². The van der Waals surface area contributed by atoms with Crippen molar-refractivity contribution in [2.45, 2.75) is 97.1 Å². The SMILES string of the molecule is C=NC(C)(/C=C(OC)\C(=C/C)OCCCNc1cc(N=CC(C)Cc2ccccc2C)c(C(C)=O)cc1C)C(=O)N1CCc2cc(CSCCC(C)(C)S)ccc21. The number of aliphatic imine (C=N–C) groups is 2. The number of Topliss-reactive ketones (excluding diaryl/α,β-unsaturated/α-hetero) is 1. The summed E-state index contributed by atoms with van der Waals surface area (Å²) in [6.07, 6.45) is 8.86. The van der Waals surface area contributed by atoms with Crippen molar-refractivity contribution in [2.75, 3.05) is 42.8 Å². The molecule has 0 spiro atoms. The molecule has 3 aromatic carbocycles. The van der Waals surface area contributed by atoms with Gasteiger partial charge in [0, 0.05) is 46.7 Å². The first-order valence-corrected chi connectivity index (χ1v) is 21.5. The van der Waals surface area contributed by atoms with Crippen molar-refractivity contribution in [3.63, 3.8) is 0 Å². The third-order valence-electron chi connectivity index (χ3n) is 10.2. The Labute approximate surface area is 351 Å². The van der Waals surface area contributed by atoms with Crippen LogP contribution in [0.3, 0.4) is 0 Å². The Hall–Kier alpha value is -4.28. The highest BCUT2D eigenvalue weighted by molar-refractivity contribution is 7.98. The predicted molar refractivity (Wildman–Crippen MR) is 246 cm³/mol. The second kappa shape index (κ2) is 20.9. The van der Waals surface area contributed by atoms with Crippen molar-refractivity contribution in [1.29, 1.82) is 0 Å². The standard InChI is InChI=1S/C47H62N4O4S2/c1-11-43(44(54-10)29-47(8,48-9)45(53)51-22-19-38-27-36(17-18-42(38)51)31-57-24-20-46(6,7)56)55-23-14-21-49-40-28-41(39(35(5)52)26-34(40)4)50-30-32(2)25-37-16-13-12-15-33(37)3/h11-13,15-18,26-30,32,49,56H,9,14,19-25,31H2,1-8,10H3/b43-11+,44-29+,50-30?. The molecule has 2 atom stereocenters. The van der Waals surface area contributed by atoms with E-state index in [-0.39, 0.29) is 22.4 Å². The molecule has 1 aliphatic rings. The summed E-state index contributed by atoms with van der Waals surface area (Å²) in [4.78, 5) is 37.6. The molecule has 2 unspecified atom stereocenters. The first-order valence-electron chi connectivity index (χ1n) is 19.8. The fourth-order valence-electron chi connectivity index (χ4n) is 6.70. The minimum atomic E-state index is -1.28. The number of aryl methyl sites for hydroxylation is 2. The summed E-state index contributed by atoms with van der Waals surface area (Å²) < 4.78 is 12.0. The molecule has 0 aromatic heterocycles. The highest BCUT2D eigenvalue weighted by Gasteiger charge is 2.38. The summed E-state index contributed by atoms with van der Waals surface area (Å²) in [5, 5.41) is 3.50. The summed E-state index contributed by atoms with van der Waals surface area (Å²) in [5.41, 5.74) is 7.78. The van der Waals surface area contributed by atoms with E-state index >= 15 is 0 Å². The molecule has 0 saturated carbocycles. The van der Waals surface area contributed by atoms with Crippen molar-refractivity contribution in [2.24, 2.45) is 15.9 Å². The molecule has 0 aliphatic carbocycles. The molecule has 0 bridgehead atoms. The lowest BCUT2D eigenvalue weighted by Crippen LogP contribution is -2.44. The van der Waals surface area contributed by atoms with Gasteiger partial charge in [0.15, 0.2) is 22.8 Å². The average Bonchev–Trinajstić information content (AvgIpc) is 3.60. The molecule has 1 N–H and O–H groups in total. The minimum Gasteiger partial charge on any atom is -0.493 e. The van der Waals surface area contributed by atoms with Gasteiger partial charge in [-0.1, -0.05) is 57.2 Å². The van der Waals surface area contributed by atoms with Gasteiger partial charge in [0.2, 0.25) is 0 Å². The molecule has 1 heterocycles. The van der Waals surface area contributed by atoms with Crippen LogP contribution in [0.2, 0.25) is 0 Å². The summed E-state index contributed by atoms with van der Waals surface area (Å²) in [5.74, 6) is 2.93. The predicted octanol–water partition coefficient (Wildman–Crippen LogP) is 10.7. The molecule has 8 nitrogen and oxygen atoms in total. The number of anilines is 2. The highest BCUT2D eigenvalue weighted by Crippen LogP contribution is 2.34. The fraction of sp³-hybridized carbons (Fsp3) is 0.447. The zero-order valence-electron chi connectivity index (χ0n) is 35.4. The zero-order valence-corrected chi connectivity index (χ0v) is 37.1. The monoisotopic (exact) mass is 810 g/mol. The minimum absolute atomic E-state index is 0.0175. The maximum absolute atomic E-state index is 14.1. The molecule has 1 aliphatic heterocycles. The number of benzene rings is 3. The number of thioether (sulfide) groups is 1. The number of nitrogens with one attached hydrogen (secondary N) is 1. The van der Waals surface area contributed by atoms with E-state index in [0.717, 1.165) is 47.7 Å². The van der Waals surface area contributed by atoms with Crippen LogP contribution in [-0.2, 0) is 32.9 Å². The zero-order chi connectivity index (χ0) is 41.8. The lowest BCUT2D eigenvalue weighted by Gasteiger charge is -2.28. The van der Waals surface area contributed by atoms with Crippen molar-refractivity contribution >= 4 is 66.1 Å². The number of thiol groups is 1. The van der Waals surface area contributed by atoms with Crippen LogP contribution >= 0.6 is 24.4 Å². The largest absolute Gasteiger partial charge is 0.493 e. The van der Waals surface area contributed by atoms with Crippen LogP contribution in [0.4, 0.5) is 17.1 Å². The number of fused-ring (bicyclic) bond motifs is 1. The van der Waals surface area contributed by atoms with Gasteiger partial charge in [0.1, 0.15) is 0 Å². The van der Waals surface area contributed by atoms with Gasteiger partial charge in [-0.3, -0.25) is 19.6 Å². The number of rotatable bonds is 21. The van der Waals surface area contributed by atoms with Crippen LogP contribution in [0.15, 0.2) is 88.3 Å². The van der Waals surface area contributed by atoms with E-state index in [1.165, 1.54) is 22.3 Å². The van der Waals surface area contributed by atoms with Crippen LogP contribution in [-0.4, -0.2) is 67.5 Å². The number of hydrogen-bond donors (Lipinski definition) is 2. The van der Waals surface area contributed by atoms with Crippen LogP contribution < -0.4 is 10.2 Å². The molecule has 57 heavy (non-hydrogen) atoms. The molecule has 10 heteroatoms. The normalized spacial score (nSPS) is 14.9. The van der Waals surface area contributed by atoms with Crippen molar-refractivity contribution in [3.05, 3.63) is 112 Å². The Kier molecular flexibility index (Phi) is 16.7. The summed E-state index contributed by atoms with van der Waals surface area (Å²) in [6.45, 7) is 21.2. The number of carbonyl (C=O) groups is 2. The van der Waals surface area contributed by atoms with Gasteiger partial charge in [-0.05, 0) is 137 Å². The quantitative estimate of drug-likeness (QED) is 0.0278. The molecule has 0 fully saturated rings. The number of carbonyl (C=O) groups excluding carboxylic acids is 2. The van der Waals surface area contributed by atoms with Crippen LogP contribution in [0.1, 0.15) is 92.6 Å². The van der Waals surface area contributed by atoms with E-state index in [9.17, 15) is 9.59 Å². The Bertz CT molecular complexity index is 1980. The fourth-order valence-corrected chi connectivity index (χ4v) is 8.18. The summed E-state index contributed by atoms with van der Waals surface area (Å²) in [7, 11) is 1.56. The number of amides is 1. The van der Waals surface area contributed by atoms with E-state index in [2.05, 4.69) is 99.8 Å². The Morgan fingerprint density at radius 3 is 2.51 bits per heavy atom. The van der Waals surface area contributed by atoms with Crippen molar-refractivity contribution < 1.29 is 19.1 Å². The molecule has 4 rings (SSSR count). The number of ketones is 1. The second-order valence-electron chi connectivity index (χ2n) is 15.7. The molecule has 1 amide bonds. The third kappa shape index (κ3) is 12.9. The highest BCUT2D eigenvalue weighted by atomic mass is 32.2. The lowest BCUT2D eigenvalue weighted by molar-refractivity contribution is -0.121. The summed E-state index contributed by atoms with van der Waals surface area (Å²) in [6, 6.07) is 18.6. The van der Waals surface area contributed by atoms with E-state index < -0.39 is 5.54 Å². The Morgan fingerprint density at radius 2 is 1.84 bits per heavy atom. The number of allylic oxidation sites excluding steroid dienone is 1. The van der Waals surface area contributed by atoms with Gasteiger partial charge in [-0.2, -0.15) is 24.4 Å².